The Morgan fingerprint density at radius 3 is 2.74 bits per heavy atom. The number of thiophene rings is 1. The van der Waals surface area contributed by atoms with Crippen LogP contribution >= 0.6 is 11.3 Å². The molecule has 0 bridgehead atoms. The topological polar surface area (TPSA) is 104 Å². The standard InChI is InChI=1S/C10H12N2O4S3/c11-6-9-3-4-10(17-9)19(15,16)12-8-2-1-5-18(13,14)7-8/h3-4,8,12H,1-2,5,7H2. The minimum Gasteiger partial charge on any atom is -0.229 e. The molecule has 0 amide bonds. The van der Waals surface area contributed by atoms with Crippen molar-refractivity contribution in [3.8, 4) is 6.07 Å². The summed E-state index contributed by atoms with van der Waals surface area (Å²) in [5.41, 5.74) is 0. The van der Waals surface area contributed by atoms with Crippen LogP contribution in [-0.4, -0.2) is 34.4 Å². The van der Waals surface area contributed by atoms with Crippen molar-refractivity contribution in [2.24, 2.45) is 0 Å². The summed E-state index contributed by atoms with van der Waals surface area (Å²) in [4.78, 5) is 0.302. The summed E-state index contributed by atoms with van der Waals surface area (Å²) >= 11 is 0.867. The Balaban J connectivity index is 2.16. The average molecular weight is 320 g/mol. The fourth-order valence-electron chi connectivity index (χ4n) is 1.92. The number of nitrogens with one attached hydrogen (secondary N) is 1. The van der Waals surface area contributed by atoms with Gasteiger partial charge in [0.05, 0.1) is 11.5 Å². The number of hydrogen-bond donors (Lipinski definition) is 1. The lowest BCUT2D eigenvalue weighted by Crippen LogP contribution is -2.42. The van der Waals surface area contributed by atoms with Gasteiger partial charge in [0.15, 0.2) is 9.84 Å². The van der Waals surface area contributed by atoms with Gasteiger partial charge in [-0.1, -0.05) is 0 Å². The number of sulfonamides is 1. The van der Waals surface area contributed by atoms with Gasteiger partial charge in [0.1, 0.15) is 15.2 Å². The lowest BCUT2D eigenvalue weighted by Gasteiger charge is -2.22. The van der Waals surface area contributed by atoms with E-state index in [2.05, 4.69) is 4.72 Å². The number of nitriles is 1. The third kappa shape index (κ3) is 3.54. The molecule has 0 aliphatic carbocycles. The summed E-state index contributed by atoms with van der Waals surface area (Å²) in [6, 6.07) is 4.06. The maximum absolute atomic E-state index is 12.0. The Morgan fingerprint density at radius 2 is 2.16 bits per heavy atom. The van der Waals surface area contributed by atoms with E-state index in [1.54, 1.807) is 0 Å². The van der Waals surface area contributed by atoms with Crippen LogP contribution in [0.4, 0.5) is 0 Å². The van der Waals surface area contributed by atoms with Crippen molar-refractivity contribution in [2.75, 3.05) is 11.5 Å². The molecule has 2 rings (SSSR count). The second-order valence-electron chi connectivity index (χ2n) is 4.31. The molecule has 1 aliphatic rings. The fourth-order valence-corrected chi connectivity index (χ4v) is 6.05. The van der Waals surface area contributed by atoms with E-state index < -0.39 is 25.9 Å². The van der Waals surface area contributed by atoms with Gasteiger partial charge in [0.2, 0.25) is 10.0 Å². The average Bonchev–Trinajstić information content (AvgIpc) is 2.76. The summed E-state index contributed by atoms with van der Waals surface area (Å²) in [5.74, 6) is -0.0501. The highest BCUT2D eigenvalue weighted by molar-refractivity contribution is 7.92. The Bertz CT molecular complexity index is 712. The normalized spacial score (nSPS) is 22.8. The van der Waals surface area contributed by atoms with Crippen LogP contribution in [0.1, 0.15) is 17.7 Å². The van der Waals surface area contributed by atoms with Crippen LogP contribution in [0.15, 0.2) is 16.3 Å². The predicted molar refractivity (Wildman–Crippen MR) is 71.0 cm³/mol. The molecule has 1 aromatic rings. The van der Waals surface area contributed by atoms with E-state index in [4.69, 9.17) is 5.26 Å². The van der Waals surface area contributed by atoms with Crippen LogP contribution in [0.25, 0.3) is 0 Å². The van der Waals surface area contributed by atoms with Gasteiger partial charge in [0.25, 0.3) is 0 Å². The van der Waals surface area contributed by atoms with Crippen LogP contribution in [0.5, 0.6) is 0 Å². The number of sulfone groups is 1. The van der Waals surface area contributed by atoms with Crippen molar-refractivity contribution in [1.82, 2.24) is 4.72 Å². The molecule has 104 valence electrons. The molecule has 0 saturated carbocycles. The van der Waals surface area contributed by atoms with Crippen LogP contribution in [0, 0.1) is 11.3 Å². The van der Waals surface area contributed by atoms with Crippen LogP contribution < -0.4 is 4.72 Å². The number of rotatable bonds is 3. The molecule has 0 radical (unpaired) electrons. The Hall–Kier alpha value is -0.950. The minimum atomic E-state index is -3.75. The monoisotopic (exact) mass is 320 g/mol. The van der Waals surface area contributed by atoms with Crippen LogP contribution in [0.2, 0.25) is 0 Å². The summed E-state index contributed by atoms with van der Waals surface area (Å²) in [7, 11) is -6.91. The molecule has 1 atom stereocenters. The van der Waals surface area contributed by atoms with Gasteiger partial charge in [-0.15, -0.1) is 11.3 Å². The van der Waals surface area contributed by atoms with E-state index in [9.17, 15) is 16.8 Å². The second kappa shape index (κ2) is 5.20. The lowest BCUT2D eigenvalue weighted by molar-refractivity contribution is 0.518. The van der Waals surface area contributed by atoms with Gasteiger partial charge in [0, 0.05) is 6.04 Å². The zero-order valence-corrected chi connectivity index (χ0v) is 12.3. The van der Waals surface area contributed by atoms with E-state index in [1.165, 1.54) is 12.1 Å². The molecule has 9 heteroatoms. The van der Waals surface area contributed by atoms with E-state index in [1.807, 2.05) is 6.07 Å². The smallest absolute Gasteiger partial charge is 0.229 e. The van der Waals surface area contributed by atoms with Gasteiger partial charge in [-0.2, -0.15) is 5.26 Å². The molecular weight excluding hydrogens is 308 g/mol. The molecular formula is C10H12N2O4S3. The van der Waals surface area contributed by atoms with Crippen molar-refractivity contribution in [3.05, 3.63) is 17.0 Å². The van der Waals surface area contributed by atoms with Gasteiger partial charge in [-0.3, -0.25) is 0 Å². The van der Waals surface area contributed by atoms with Gasteiger partial charge in [-0.05, 0) is 25.0 Å². The quantitative estimate of drug-likeness (QED) is 0.872. The Labute approximate surface area is 116 Å². The van der Waals surface area contributed by atoms with E-state index in [0.29, 0.717) is 17.7 Å². The molecule has 2 heterocycles. The van der Waals surface area contributed by atoms with Crippen LogP contribution in [0.3, 0.4) is 0 Å². The van der Waals surface area contributed by atoms with Crippen LogP contribution in [-0.2, 0) is 19.9 Å². The van der Waals surface area contributed by atoms with E-state index >= 15 is 0 Å². The third-order valence-corrected chi connectivity index (χ3v) is 7.56. The van der Waals surface area contributed by atoms with Crippen molar-refractivity contribution in [2.45, 2.75) is 23.1 Å². The van der Waals surface area contributed by atoms with Crippen molar-refractivity contribution in [1.29, 1.82) is 5.26 Å². The first kappa shape index (κ1) is 14.5. The molecule has 1 N–H and O–H groups in total. The van der Waals surface area contributed by atoms with Crippen molar-refractivity contribution >= 4 is 31.2 Å². The summed E-state index contributed by atoms with van der Waals surface area (Å²) in [6.07, 6.45) is 0.971. The first-order valence-corrected chi connectivity index (χ1v) is 9.67. The van der Waals surface area contributed by atoms with Gasteiger partial charge in [-0.25, -0.2) is 21.6 Å². The molecule has 19 heavy (non-hydrogen) atoms. The van der Waals surface area contributed by atoms with Crippen molar-refractivity contribution < 1.29 is 16.8 Å². The molecule has 0 spiro atoms. The molecule has 0 aromatic carbocycles. The zero-order chi connectivity index (χ0) is 14.1. The third-order valence-electron chi connectivity index (χ3n) is 2.74. The van der Waals surface area contributed by atoms with E-state index in [-0.39, 0.29) is 15.7 Å². The molecule has 1 unspecified atom stereocenters. The highest BCUT2D eigenvalue weighted by Gasteiger charge is 2.29. The Morgan fingerprint density at radius 1 is 1.42 bits per heavy atom. The minimum absolute atomic E-state index is 0.0343. The first-order valence-electron chi connectivity index (χ1n) is 5.55. The molecule has 1 aromatic heterocycles. The van der Waals surface area contributed by atoms with Gasteiger partial charge >= 0.3 is 0 Å². The van der Waals surface area contributed by atoms with Crippen molar-refractivity contribution in [3.63, 3.8) is 0 Å². The lowest BCUT2D eigenvalue weighted by atomic mass is 10.2. The van der Waals surface area contributed by atoms with E-state index in [0.717, 1.165) is 11.3 Å². The molecule has 1 aliphatic heterocycles. The second-order valence-corrected chi connectivity index (χ2v) is 9.56. The van der Waals surface area contributed by atoms with Gasteiger partial charge < -0.3 is 0 Å². The SMILES string of the molecule is N#Cc1ccc(S(=O)(=O)NC2CCCS(=O)(=O)C2)s1. The summed E-state index contributed by atoms with van der Waals surface area (Å²) < 4.78 is 49.4. The largest absolute Gasteiger partial charge is 0.250 e. The molecule has 1 fully saturated rings. The Kier molecular flexibility index (Phi) is 3.96. The molecule has 1 saturated heterocycles. The highest BCUT2D eigenvalue weighted by Crippen LogP contribution is 2.22. The first-order chi connectivity index (χ1) is 8.82. The summed E-state index contributed by atoms with van der Waals surface area (Å²) in [6.45, 7) is 0. The number of hydrogen-bond acceptors (Lipinski definition) is 6. The number of nitrogens with zero attached hydrogens (tertiary/aromatic N) is 1. The highest BCUT2D eigenvalue weighted by atomic mass is 32.2. The fraction of sp³-hybridized carbons (Fsp3) is 0.500. The molecule has 6 nitrogen and oxygen atoms in total. The maximum Gasteiger partial charge on any atom is 0.250 e. The maximum atomic E-state index is 12.0. The summed E-state index contributed by atoms with van der Waals surface area (Å²) in [5, 5.41) is 8.67. The predicted octanol–water partition coefficient (Wildman–Crippen LogP) is 0.475. The zero-order valence-electron chi connectivity index (χ0n) is 9.87.